The third-order valence-corrected chi connectivity index (χ3v) is 4.78. The molecular weight excluding hydrogens is 242 g/mol. The second kappa shape index (κ2) is 5.80. The van der Waals surface area contributed by atoms with Crippen molar-refractivity contribution in [1.29, 1.82) is 0 Å². The lowest BCUT2D eigenvalue weighted by Gasteiger charge is -2.59. The summed E-state index contributed by atoms with van der Waals surface area (Å²) in [4.78, 5) is 13.2. The Kier molecular flexibility index (Phi) is 4.51. The SMILES string of the molecule is CCCN(CCCC(=O)O)[C@@H]1[C@H]2CCO[C@@H]2C1(C)C. The van der Waals surface area contributed by atoms with Crippen LogP contribution in [-0.4, -0.2) is 47.8 Å². The van der Waals surface area contributed by atoms with E-state index in [4.69, 9.17) is 9.84 Å². The van der Waals surface area contributed by atoms with Crippen LogP contribution < -0.4 is 0 Å². The average molecular weight is 269 g/mol. The minimum Gasteiger partial charge on any atom is -0.481 e. The summed E-state index contributed by atoms with van der Waals surface area (Å²) in [6, 6.07) is 0.564. The molecule has 2 rings (SSSR count). The van der Waals surface area contributed by atoms with Crippen molar-refractivity contribution in [1.82, 2.24) is 4.90 Å². The topological polar surface area (TPSA) is 49.8 Å². The van der Waals surface area contributed by atoms with Gasteiger partial charge in [0, 0.05) is 30.4 Å². The van der Waals surface area contributed by atoms with E-state index in [-0.39, 0.29) is 11.8 Å². The van der Waals surface area contributed by atoms with Gasteiger partial charge in [0.25, 0.3) is 0 Å². The maximum absolute atomic E-state index is 10.7. The van der Waals surface area contributed by atoms with E-state index in [0.717, 1.165) is 39.0 Å². The third-order valence-electron chi connectivity index (χ3n) is 4.78. The standard InChI is InChI=1S/C15H27NO3/c1-4-8-16(9-5-6-12(17)18)13-11-7-10-19-14(11)15(13,2)3/h11,13-14H,4-10H2,1-3H3,(H,17,18)/t11-,13-,14+/m1/s1. The Morgan fingerprint density at radius 1 is 1.42 bits per heavy atom. The summed E-state index contributed by atoms with van der Waals surface area (Å²) < 4.78 is 5.85. The van der Waals surface area contributed by atoms with Gasteiger partial charge in [-0.25, -0.2) is 0 Å². The van der Waals surface area contributed by atoms with Gasteiger partial charge >= 0.3 is 5.97 Å². The molecule has 4 nitrogen and oxygen atoms in total. The van der Waals surface area contributed by atoms with Crippen LogP contribution in [0.15, 0.2) is 0 Å². The van der Waals surface area contributed by atoms with Gasteiger partial charge in [-0.2, -0.15) is 0 Å². The lowest BCUT2D eigenvalue weighted by molar-refractivity contribution is -0.156. The van der Waals surface area contributed by atoms with Gasteiger partial charge in [0.05, 0.1) is 6.10 Å². The first-order chi connectivity index (χ1) is 8.98. The molecule has 1 saturated heterocycles. The van der Waals surface area contributed by atoms with Crippen molar-refractivity contribution in [2.75, 3.05) is 19.7 Å². The highest BCUT2D eigenvalue weighted by Crippen LogP contribution is 2.54. The molecule has 0 unspecified atom stereocenters. The molecule has 0 amide bonds. The molecule has 1 aliphatic carbocycles. The summed E-state index contributed by atoms with van der Waals surface area (Å²) >= 11 is 0. The molecule has 0 aromatic rings. The molecule has 1 heterocycles. The van der Waals surface area contributed by atoms with Crippen LogP contribution in [0, 0.1) is 11.3 Å². The van der Waals surface area contributed by atoms with Crippen molar-refractivity contribution in [3.8, 4) is 0 Å². The lowest BCUT2D eigenvalue weighted by Crippen LogP contribution is -2.67. The number of ether oxygens (including phenoxy) is 1. The molecule has 0 spiro atoms. The van der Waals surface area contributed by atoms with Gasteiger partial charge < -0.3 is 9.84 Å². The summed E-state index contributed by atoms with van der Waals surface area (Å²) in [7, 11) is 0. The van der Waals surface area contributed by atoms with Gasteiger partial charge in [-0.3, -0.25) is 9.69 Å². The van der Waals surface area contributed by atoms with E-state index in [1.807, 2.05) is 0 Å². The number of aliphatic carboxylic acids is 1. The van der Waals surface area contributed by atoms with E-state index in [1.165, 1.54) is 0 Å². The fourth-order valence-corrected chi connectivity index (χ4v) is 4.15. The molecule has 0 aromatic carbocycles. The number of hydrogen-bond donors (Lipinski definition) is 1. The zero-order valence-corrected chi connectivity index (χ0v) is 12.4. The van der Waals surface area contributed by atoms with Gasteiger partial charge in [0.1, 0.15) is 0 Å². The second-order valence-corrected chi connectivity index (χ2v) is 6.54. The molecule has 2 fully saturated rings. The second-order valence-electron chi connectivity index (χ2n) is 6.54. The van der Waals surface area contributed by atoms with Crippen LogP contribution in [0.3, 0.4) is 0 Å². The fraction of sp³-hybridized carbons (Fsp3) is 0.933. The number of rotatable bonds is 7. The molecular formula is C15H27NO3. The highest BCUT2D eigenvalue weighted by molar-refractivity contribution is 5.66. The van der Waals surface area contributed by atoms with Gasteiger partial charge in [0.2, 0.25) is 0 Å². The molecule has 0 bridgehead atoms. The molecule has 4 heteroatoms. The van der Waals surface area contributed by atoms with Crippen LogP contribution >= 0.6 is 0 Å². The first kappa shape index (κ1) is 14.8. The lowest BCUT2D eigenvalue weighted by atomic mass is 9.56. The van der Waals surface area contributed by atoms with E-state index >= 15 is 0 Å². The third kappa shape index (κ3) is 2.79. The van der Waals surface area contributed by atoms with Crippen molar-refractivity contribution in [2.45, 2.75) is 58.6 Å². The van der Waals surface area contributed by atoms with Crippen LogP contribution in [0.4, 0.5) is 0 Å². The summed E-state index contributed by atoms with van der Waals surface area (Å²) in [5.41, 5.74) is 0.208. The average Bonchev–Trinajstić information content (AvgIpc) is 2.74. The van der Waals surface area contributed by atoms with Gasteiger partial charge in [-0.15, -0.1) is 0 Å². The van der Waals surface area contributed by atoms with E-state index in [9.17, 15) is 4.79 Å². The molecule has 19 heavy (non-hydrogen) atoms. The highest BCUT2D eigenvalue weighted by Gasteiger charge is 2.60. The Morgan fingerprint density at radius 3 is 2.79 bits per heavy atom. The minimum absolute atomic E-state index is 0.208. The summed E-state index contributed by atoms with van der Waals surface area (Å²) in [5, 5.41) is 8.78. The van der Waals surface area contributed by atoms with Gasteiger partial charge in [-0.1, -0.05) is 20.8 Å². The first-order valence-electron chi connectivity index (χ1n) is 7.56. The van der Waals surface area contributed by atoms with Crippen molar-refractivity contribution >= 4 is 5.97 Å². The number of fused-ring (bicyclic) bond motifs is 1. The summed E-state index contributed by atoms with van der Waals surface area (Å²) in [5.74, 6) is -0.0298. The number of carboxylic acids is 1. The number of nitrogens with zero attached hydrogens (tertiary/aromatic N) is 1. The number of carbonyl (C=O) groups is 1. The number of hydrogen-bond acceptors (Lipinski definition) is 3. The normalized spacial score (nSPS) is 32.1. The molecule has 1 N–H and O–H groups in total. The van der Waals surface area contributed by atoms with Crippen LogP contribution in [0.2, 0.25) is 0 Å². The van der Waals surface area contributed by atoms with E-state index < -0.39 is 5.97 Å². The molecule has 3 atom stereocenters. The molecule has 0 radical (unpaired) electrons. The van der Waals surface area contributed by atoms with Crippen LogP contribution in [0.5, 0.6) is 0 Å². The zero-order valence-electron chi connectivity index (χ0n) is 12.4. The van der Waals surface area contributed by atoms with E-state index in [1.54, 1.807) is 0 Å². The van der Waals surface area contributed by atoms with Gasteiger partial charge in [0.15, 0.2) is 0 Å². The Hall–Kier alpha value is -0.610. The summed E-state index contributed by atoms with van der Waals surface area (Å²) in [6.07, 6.45) is 3.73. The van der Waals surface area contributed by atoms with Crippen LogP contribution in [0.1, 0.15) is 46.5 Å². The van der Waals surface area contributed by atoms with Gasteiger partial charge in [-0.05, 0) is 32.4 Å². The largest absolute Gasteiger partial charge is 0.481 e. The Morgan fingerprint density at radius 2 is 2.16 bits per heavy atom. The predicted octanol–water partition coefficient (Wildman–Crippen LogP) is 2.38. The van der Waals surface area contributed by atoms with Crippen molar-refractivity contribution in [2.24, 2.45) is 11.3 Å². The Balaban J connectivity index is 1.96. The van der Waals surface area contributed by atoms with Crippen molar-refractivity contribution < 1.29 is 14.6 Å². The molecule has 1 saturated carbocycles. The Bertz CT molecular complexity index is 329. The monoisotopic (exact) mass is 269 g/mol. The highest BCUT2D eigenvalue weighted by atomic mass is 16.5. The van der Waals surface area contributed by atoms with Crippen LogP contribution in [-0.2, 0) is 9.53 Å². The smallest absolute Gasteiger partial charge is 0.303 e. The van der Waals surface area contributed by atoms with Crippen LogP contribution in [0.25, 0.3) is 0 Å². The first-order valence-corrected chi connectivity index (χ1v) is 7.56. The molecule has 2 aliphatic rings. The minimum atomic E-state index is -0.689. The quantitative estimate of drug-likeness (QED) is 0.771. The molecule has 1 aliphatic heterocycles. The summed E-state index contributed by atoms with van der Waals surface area (Å²) in [6.45, 7) is 9.64. The predicted molar refractivity (Wildman–Crippen MR) is 74.1 cm³/mol. The zero-order chi connectivity index (χ0) is 14.0. The maximum atomic E-state index is 10.7. The molecule has 0 aromatic heterocycles. The van der Waals surface area contributed by atoms with Crippen molar-refractivity contribution in [3.05, 3.63) is 0 Å². The van der Waals surface area contributed by atoms with E-state index in [2.05, 4.69) is 25.7 Å². The van der Waals surface area contributed by atoms with E-state index in [0.29, 0.717) is 18.1 Å². The fourth-order valence-electron chi connectivity index (χ4n) is 4.15. The van der Waals surface area contributed by atoms with Crippen molar-refractivity contribution in [3.63, 3.8) is 0 Å². The maximum Gasteiger partial charge on any atom is 0.303 e. The molecule has 110 valence electrons. The Labute approximate surface area is 116 Å². The number of carboxylic acid groups (broad SMARTS) is 1.